The van der Waals surface area contributed by atoms with Gasteiger partial charge in [0.15, 0.2) is 11.5 Å². The standard InChI is InChI=1S/C21H27NO4/c1-5-6-7-15-8-10-17(11-9-15)21(23)22-14-16-12-18(24-2)20(26-4)19(13-16)25-3/h8-13H,5-7,14H2,1-4H3,(H,22,23). The average molecular weight is 357 g/mol. The highest BCUT2D eigenvalue weighted by Crippen LogP contribution is 2.38. The van der Waals surface area contributed by atoms with E-state index in [1.807, 2.05) is 36.4 Å². The Kier molecular flexibility index (Phi) is 7.33. The Balaban J connectivity index is 2.04. The topological polar surface area (TPSA) is 56.8 Å². The summed E-state index contributed by atoms with van der Waals surface area (Å²) in [7, 11) is 4.70. The Morgan fingerprint density at radius 3 is 2.04 bits per heavy atom. The minimum atomic E-state index is -0.110. The van der Waals surface area contributed by atoms with Crippen molar-refractivity contribution in [1.29, 1.82) is 0 Å². The first-order valence-electron chi connectivity index (χ1n) is 8.79. The molecule has 1 amide bonds. The van der Waals surface area contributed by atoms with Gasteiger partial charge in [-0.25, -0.2) is 0 Å². The van der Waals surface area contributed by atoms with Crippen LogP contribution in [0.15, 0.2) is 36.4 Å². The van der Waals surface area contributed by atoms with Crippen LogP contribution in [0, 0.1) is 0 Å². The fraction of sp³-hybridized carbons (Fsp3) is 0.381. The highest BCUT2D eigenvalue weighted by atomic mass is 16.5. The number of unbranched alkanes of at least 4 members (excludes halogenated alkanes) is 1. The molecule has 0 heterocycles. The lowest BCUT2D eigenvalue weighted by Gasteiger charge is -2.14. The van der Waals surface area contributed by atoms with E-state index >= 15 is 0 Å². The number of carbonyl (C=O) groups is 1. The summed E-state index contributed by atoms with van der Waals surface area (Å²) in [6.07, 6.45) is 3.37. The number of ether oxygens (including phenoxy) is 3. The predicted octanol–water partition coefficient (Wildman–Crippen LogP) is 3.99. The van der Waals surface area contributed by atoms with E-state index in [-0.39, 0.29) is 5.91 Å². The SMILES string of the molecule is CCCCc1ccc(C(=O)NCc2cc(OC)c(OC)c(OC)c2)cc1. The molecule has 2 rings (SSSR count). The largest absolute Gasteiger partial charge is 0.493 e. The van der Waals surface area contributed by atoms with Crippen LogP contribution in [0.3, 0.4) is 0 Å². The van der Waals surface area contributed by atoms with Gasteiger partial charge in [0.2, 0.25) is 5.75 Å². The summed E-state index contributed by atoms with van der Waals surface area (Å²) < 4.78 is 16.0. The number of nitrogens with one attached hydrogen (secondary N) is 1. The molecule has 5 heteroatoms. The van der Waals surface area contributed by atoms with E-state index in [1.54, 1.807) is 21.3 Å². The molecule has 5 nitrogen and oxygen atoms in total. The van der Waals surface area contributed by atoms with Crippen LogP contribution < -0.4 is 19.5 Å². The van der Waals surface area contributed by atoms with Gasteiger partial charge in [-0.3, -0.25) is 4.79 Å². The summed E-state index contributed by atoms with van der Waals surface area (Å²) in [5.74, 6) is 1.56. The van der Waals surface area contributed by atoms with E-state index in [9.17, 15) is 4.79 Å². The van der Waals surface area contributed by atoms with Gasteiger partial charge in [-0.15, -0.1) is 0 Å². The lowest BCUT2D eigenvalue weighted by atomic mass is 10.1. The van der Waals surface area contributed by atoms with Gasteiger partial charge in [0.1, 0.15) is 0 Å². The lowest BCUT2D eigenvalue weighted by Crippen LogP contribution is -2.22. The monoisotopic (exact) mass is 357 g/mol. The molecular weight excluding hydrogens is 330 g/mol. The number of amides is 1. The van der Waals surface area contributed by atoms with Gasteiger partial charge in [-0.2, -0.15) is 0 Å². The molecule has 0 radical (unpaired) electrons. The quantitative estimate of drug-likeness (QED) is 0.737. The molecule has 0 aliphatic carbocycles. The van der Waals surface area contributed by atoms with Gasteiger partial charge in [0.25, 0.3) is 5.91 Å². The minimum absolute atomic E-state index is 0.110. The van der Waals surface area contributed by atoms with Gasteiger partial charge in [0, 0.05) is 12.1 Å². The first kappa shape index (κ1) is 19.6. The van der Waals surface area contributed by atoms with E-state index in [0.29, 0.717) is 29.4 Å². The van der Waals surface area contributed by atoms with E-state index < -0.39 is 0 Å². The summed E-state index contributed by atoms with van der Waals surface area (Å²) in [5.41, 5.74) is 2.78. The van der Waals surface area contributed by atoms with Crippen LogP contribution in [0.25, 0.3) is 0 Å². The second-order valence-corrected chi connectivity index (χ2v) is 6.02. The lowest BCUT2D eigenvalue weighted by molar-refractivity contribution is 0.0951. The van der Waals surface area contributed by atoms with Gasteiger partial charge >= 0.3 is 0 Å². The van der Waals surface area contributed by atoms with Crippen molar-refractivity contribution in [2.75, 3.05) is 21.3 Å². The van der Waals surface area contributed by atoms with Crippen LogP contribution in [-0.2, 0) is 13.0 Å². The fourth-order valence-electron chi connectivity index (χ4n) is 2.73. The number of carbonyl (C=O) groups excluding carboxylic acids is 1. The fourth-order valence-corrected chi connectivity index (χ4v) is 2.73. The van der Waals surface area contributed by atoms with Crippen molar-refractivity contribution in [2.24, 2.45) is 0 Å². The summed E-state index contributed by atoms with van der Waals surface area (Å²) >= 11 is 0. The number of rotatable bonds is 9. The molecule has 1 N–H and O–H groups in total. The molecule has 0 aromatic heterocycles. The molecule has 0 bridgehead atoms. The van der Waals surface area contributed by atoms with Crippen molar-refractivity contribution in [3.63, 3.8) is 0 Å². The third kappa shape index (κ3) is 4.91. The van der Waals surface area contributed by atoms with Crippen molar-refractivity contribution in [3.05, 3.63) is 53.1 Å². The molecule has 2 aromatic rings. The molecule has 0 spiro atoms. The first-order chi connectivity index (χ1) is 12.6. The van der Waals surface area contributed by atoms with Gasteiger partial charge in [-0.1, -0.05) is 25.5 Å². The summed E-state index contributed by atoms with van der Waals surface area (Å²) in [4.78, 5) is 12.4. The van der Waals surface area contributed by atoms with Crippen molar-refractivity contribution in [1.82, 2.24) is 5.32 Å². The Morgan fingerprint density at radius 2 is 1.54 bits per heavy atom. The van der Waals surface area contributed by atoms with Crippen LogP contribution in [0.1, 0.15) is 41.3 Å². The molecule has 0 aliphatic heterocycles. The Hall–Kier alpha value is -2.69. The second kappa shape index (κ2) is 9.70. The summed E-state index contributed by atoms with van der Waals surface area (Å²) in [6.45, 7) is 2.54. The van der Waals surface area contributed by atoms with Crippen LogP contribution in [-0.4, -0.2) is 27.2 Å². The van der Waals surface area contributed by atoms with Crippen LogP contribution in [0.4, 0.5) is 0 Å². The molecule has 0 fully saturated rings. The zero-order valence-electron chi connectivity index (χ0n) is 15.9. The second-order valence-electron chi connectivity index (χ2n) is 6.02. The number of aryl methyl sites for hydroxylation is 1. The summed E-state index contributed by atoms with van der Waals surface area (Å²) in [5, 5.41) is 2.93. The van der Waals surface area contributed by atoms with E-state index in [1.165, 1.54) is 5.56 Å². The van der Waals surface area contributed by atoms with Crippen LogP contribution in [0.5, 0.6) is 17.2 Å². The van der Waals surface area contributed by atoms with Crippen molar-refractivity contribution >= 4 is 5.91 Å². The third-order valence-corrected chi connectivity index (χ3v) is 4.21. The predicted molar refractivity (Wildman–Crippen MR) is 102 cm³/mol. The van der Waals surface area contributed by atoms with Gasteiger partial charge < -0.3 is 19.5 Å². The maximum atomic E-state index is 12.4. The highest BCUT2D eigenvalue weighted by Gasteiger charge is 2.14. The minimum Gasteiger partial charge on any atom is -0.493 e. The number of methoxy groups -OCH3 is 3. The van der Waals surface area contributed by atoms with Gasteiger partial charge in [0.05, 0.1) is 21.3 Å². The summed E-state index contributed by atoms with van der Waals surface area (Å²) in [6, 6.07) is 11.4. The third-order valence-electron chi connectivity index (χ3n) is 4.21. The van der Waals surface area contributed by atoms with Crippen molar-refractivity contribution in [3.8, 4) is 17.2 Å². The van der Waals surface area contributed by atoms with Crippen LogP contribution in [0.2, 0.25) is 0 Å². The normalized spacial score (nSPS) is 10.3. The van der Waals surface area contributed by atoms with Gasteiger partial charge in [-0.05, 0) is 48.2 Å². The first-order valence-corrected chi connectivity index (χ1v) is 8.79. The van der Waals surface area contributed by atoms with E-state index in [2.05, 4.69) is 12.2 Å². The number of hydrogen-bond donors (Lipinski definition) is 1. The average Bonchev–Trinajstić information content (AvgIpc) is 2.69. The molecule has 0 atom stereocenters. The maximum absolute atomic E-state index is 12.4. The molecule has 0 aliphatic rings. The molecule has 0 saturated heterocycles. The number of hydrogen-bond acceptors (Lipinski definition) is 4. The molecular formula is C21H27NO4. The Bertz CT molecular complexity index is 700. The zero-order chi connectivity index (χ0) is 18.9. The molecule has 140 valence electrons. The highest BCUT2D eigenvalue weighted by molar-refractivity contribution is 5.94. The zero-order valence-corrected chi connectivity index (χ0v) is 15.9. The van der Waals surface area contributed by atoms with E-state index in [0.717, 1.165) is 24.8 Å². The van der Waals surface area contributed by atoms with Crippen molar-refractivity contribution < 1.29 is 19.0 Å². The molecule has 0 saturated carbocycles. The maximum Gasteiger partial charge on any atom is 0.251 e. The molecule has 2 aromatic carbocycles. The van der Waals surface area contributed by atoms with E-state index in [4.69, 9.17) is 14.2 Å². The van der Waals surface area contributed by atoms with Crippen molar-refractivity contribution in [2.45, 2.75) is 32.7 Å². The van der Waals surface area contributed by atoms with Crippen LogP contribution >= 0.6 is 0 Å². The Labute approximate surface area is 155 Å². The number of benzene rings is 2. The smallest absolute Gasteiger partial charge is 0.251 e. The Morgan fingerprint density at radius 1 is 0.923 bits per heavy atom. The molecule has 0 unspecified atom stereocenters. The molecule has 26 heavy (non-hydrogen) atoms.